The van der Waals surface area contributed by atoms with E-state index in [0.29, 0.717) is 0 Å². The normalized spacial score (nSPS) is 40.6. The van der Waals surface area contributed by atoms with Crippen LogP contribution in [0, 0.1) is 11.3 Å². The number of rotatable bonds is 4. The Kier molecular flexibility index (Phi) is 1.95. The molecule has 0 aromatic carbocycles. The van der Waals surface area contributed by atoms with Gasteiger partial charge in [-0.15, -0.1) is 0 Å². The fourth-order valence-electron chi connectivity index (χ4n) is 3.01. The van der Waals surface area contributed by atoms with E-state index < -0.39 is 0 Å². The molecule has 2 unspecified atom stereocenters. The summed E-state index contributed by atoms with van der Waals surface area (Å²) in [5.41, 5.74) is 0.912. The number of fused-ring (bicyclic) bond motifs is 1. The van der Waals surface area contributed by atoms with Gasteiger partial charge < -0.3 is 0 Å². The highest BCUT2D eigenvalue weighted by Crippen LogP contribution is 2.66. The third-order valence-corrected chi connectivity index (χ3v) is 3.86. The molecule has 0 bridgehead atoms. The van der Waals surface area contributed by atoms with Gasteiger partial charge in [-0.25, -0.2) is 0 Å². The van der Waals surface area contributed by atoms with Gasteiger partial charge >= 0.3 is 0 Å². The Morgan fingerprint density at radius 1 is 1.36 bits per heavy atom. The van der Waals surface area contributed by atoms with Crippen LogP contribution >= 0.6 is 0 Å². The molecule has 0 nitrogen and oxygen atoms in total. The zero-order valence-corrected chi connectivity index (χ0v) is 7.73. The molecule has 2 aliphatic rings. The summed E-state index contributed by atoms with van der Waals surface area (Å²) in [7, 11) is 0. The Morgan fingerprint density at radius 3 is 2.82 bits per heavy atom. The van der Waals surface area contributed by atoms with Gasteiger partial charge in [0, 0.05) is 0 Å². The largest absolute Gasteiger partial charge is 0.0654 e. The van der Waals surface area contributed by atoms with Crippen molar-refractivity contribution in [3.05, 3.63) is 0 Å². The first-order chi connectivity index (χ1) is 5.37. The first kappa shape index (κ1) is 7.64. The molecule has 0 aromatic heterocycles. The first-order valence-electron chi connectivity index (χ1n) is 5.37. The molecule has 2 rings (SSSR count). The van der Waals surface area contributed by atoms with Gasteiger partial charge in [0.15, 0.2) is 0 Å². The van der Waals surface area contributed by atoms with Crippen LogP contribution in [0.15, 0.2) is 0 Å². The van der Waals surface area contributed by atoms with Crippen LogP contribution in [-0.4, -0.2) is 0 Å². The van der Waals surface area contributed by atoms with Gasteiger partial charge in [0.25, 0.3) is 0 Å². The predicted octanol–water partition coefficient (Wildman–Crippen LogP) is 3.76. The molecule has 0 N–H and O–H groups in total. The van der Waals surface area contributed by atoms with Crippen LogP contribution in [0.2, 0.25) is 0 Å². The van der Waals surface area contributed by atoms with E-state index in [1.807, 2.05) is 0 Å². The smallest absolute Gasteiger partial charge is 0.0266 e. The van der Waals surface area contributed by atoms with E-state index in [1.165, 1.54) is 31.6 Å². The molecule has 0 spiro atoms. The molecule has 11 heavy (non-hydrogen) atoms. The van der Waals surface area contributed by atoms with Gasteiger partial charge in [0.1, 0.15) is 0 Å². The molecule has 0 aliphatic heterocycles. The van der Waals surface area contributed by atoms with Crippen molar-refractivity contribution in [2.75, 3.05) is 0 Å². The molecule has 0 radical (unpaired) electrons. The monoisotopic (exact) mass is 152 g/mol. The molecule has 2 fully saturated rings. The van der Waals surface area contributed by atoms with Gasteiger partial charge in [0.05, 0.1) is 0 Å². The van der Waals surface area contributed by atoms with Gasteiger partial charge in [-0.1, -0.05) is 32.6 Å². The lowest BCUT2D eigenvalue weighted by Gasteiger charge is -2.09. The fourth-order valence-corrected chi connectivity index (χ4v) is 3.01. The minimum Gasteiger partial charge on any atom is -0.0654 e. The lowest BCUT2D eigenvalue weighted by Crippen LogP contribution is -1.97. The van der Waals surface area contributed by atoms with Crippen molar-refractivity contribution in [3.8, 4) is 0 Å². The highest BCUT2D eigenvalue weighted by molar-refractivity contribution is 5.05. The molecule has 64 valence electrons. The van der Waals surface area contributed by atoms with E-state index >= 15 is 0 Å². The Labute approximate surface area is 70.4 Å². The van der Waals surface area contributed by atoms with E-state index in [0.717, 1.165) is 5.41 Å². The minimum absolute atomic E-state index is 0.912. The van der Waals surface area contributed by atoms with E-state index in [2.05, 4.69) is 6.92 Å². The molecule has 0 heterocycles. The average molecular weight is 152 g/mol. The summed E-state index contributed by atoms with van der Waals surface area (Å²) < 4.78 is 0. The molecule has 0 saturated heterocycles. The molecule has 0 heteroatoms. The molecular weight excluding hydrogens is 132 g/mol. The van der Waals surface area contributed by atoms with Crippen molar-refractivity contribution in [1.82, 2.24) is 0 Å². The number of hydrogen-bond acceptors (Lipinski definition) is 0. The SMILES string of the molecule is CCCCCC12CCCC1C2. The van der Waals surface area contributed by atoms with Crippen molar-refractivity contribution in [3.63, 3.8) is 0 Å². The maximum atomic E-state index is 2.30. The summed E-state index contributed by atoms with van der Waals surface area (Å²) in [6.07, 6.45) is 12.2. The van der Waals surface area contributed by atoms with E-state index in [1.54, 1.807) is 25.7 Å². The Hall–Kier alpha value is 0. The van der Waals surface area contributed by atoms with Crippen LogP contribution in [0.4, 0.5) is 0 Å². The number of hydrogen-bond donors (Lipinski definition) is 0. The Bertz CT molecular complexity index is 139. The minimum atomic E-state index is 0.912. The predicted molar refractivity (Wildman–Crippen MR) is 48.5 cm³/mol. The second kappa shape index (κ2) is 2.80. The molecule has 2 saturated carbocycles. The average Bonchev–Trinajstić information content (AvgIpc) is 2.55. The van der Waals surface area contributed by atoms with E-state index in [-0.39, 0.29) is 0 Å². The summed E-state index contributed by atoms with van der Waals surface area (Å²) in [5, 5.41) is 0. The van der Waals surface area contributed by atoms with Crippen LogP contribution in [0.3, 0.4) is 0 Å². The Balaban J connectivity index is 1.70. The number of unbranched alkanes of at least 4 members (excludes halogenated alkanes) is 2. The van der Waals surface area contributed by atoms with Crippen molar-refractivity contribution >= 4 is 0 Å². The first-order valence-corrected chi connectivity index (χ1v) is 5.37. The van der Waals surface area contributed by atoms with Crippen LogP contribution in [0.1, 0.15) is 58.3 Å². The van der Waals surface area contributed by atoms with Crippen LogP contribution < -0.4 is 0 Å². The van der Waals surface area contributed by atoms with Crippen LogP contribution in [-0.2, 0) is 0 Å². The van der Waals surface area contributed by atoms with Gasteiger partial charge in [-0.05, 0) is 37.0 Å². The third-order valence-electron chi connectivity index (χ3n) is 3.86. The standard InChI is InChI=1S/C11H20/c1-2-3-4-7-11-8-5-6-10(11)9-11/h10H,2-9H2,1H3. The topological polar surface area (TPSA) is 0 Å². The lowest BCUT2D eigenvalue weighted by atomic mass is 9.96. The van der Waals surface area contributed by atoms with Crippen LogP contribution in [0.25, 0.3) is 0 Å². The van der Waals surface area contributed by atoms with Crippen molar-refractivity contribution < 1.29 is 0 Å². The molecule has 0 amide bonds. The highest BCUT2D eigenvalue weighted by Gasteiger charge is 2.55. The zero-order chi connectivity index (χ0) is 7.73. The molecule has 0 aromatic rings. The van der Waals surface area contributed by atoms with E-state index in [9.17, 15) is 0 Å². The second-order valence-corrected chi connectivity index (χ2v) is 4.61. The summed E-state index contributed by atoms with van der Waals surface area (Å²) in [4.78, 5) is 0. The molecule has 2 aliphatic carbocycles. The highest BCUT2D eigenvalue weighted by atomic mass is 14.6. The van der Waals surface area contributed by atoms with Gasteiger partial charge in [-0.3, -0.25) is 0 Å². The summed E-state index contributed by atoms with van der Waals surface area (Å²) >= 11 is 0. The second-order valence-electron chi connectivity index (χ2n) is 4.61. The summed E-state index contributed by atoms with van der Waals surface area (Å²) in [6.45, 7) is 2.30. The fraction of sp³-hybridized carbons (Fsp3) is 1.00. The maximum absolute atomic E-state index is 2.30. The zero-order valence-electron chi connectivity index (χ0n) is 7.73. The summed E-state index contributed by atoms with van der Waals surface area (Å²) in [6, 6.07) is 0. The van der Waals surface area contributed by atoms with Crippen molar-refractivity contribution in [1.29, 1.82) is 0 Å². The van der Waals surface area contributed by atoms with Crippen molar-refractivity contribution in [2.45, 2.75) is 58.3 Å². The molecule has 2 atom stereocenters. The maximum Gasteiger partial charge on any atom is -0.0266 e. The van der Waals surface area contributed by atoms with Gasteiger partial charge in [-0.2, -0.15) is 0 Å². The Morgan fingerprint density at radius 2 is 2.27 bits per heavy atom. The lowest BCUT2D eigenvalue weighted by molar-refractivity contribution is 0.421. The van der Waals surface area contributed by atoms with Gasteiger partial charge in [0.2, 0.25) is 0 Å². The quantitative estimate of drug-likeness (QED) is 0.538. The molecular formula is C11H20. The van der Waals surface area contributed by atoms with Crippen LogP contribution in [0.5, 0.6) is 0 Å². The van der Waals surface area contributed by atoms with Crippen molar-refractivity contribution in [2.24, 2.45) is 11.3 Å². The van der Waals surface area contributed by atoms with E-state index in [4.69, 9.17) is 0 Å². The summed E-state index contributed by atoms with van der Waals surface area (Å²) in [5.74, 6) is 1.18. The third kappa shape index (κ3) is 1.32.